The van der Waals surface area contributed by atoms with Gasteiger partial charge in [0.05, 0.1) is 5.39 Å². The second-order valence-corrected chi connectivity index (χ2v) is 6.93. The summed E-state index contributed by atoms with van der Waals surface area (Å²) in [6, 6.07) is 6.59. The Hall–Kier alpha value is -1.24. The van der Waals surface area contributed by atoms with Gasteiger partial charge in [0.15, 0.2) is 0 Å². The summed E-state index contributed by atoms with van der Waals surface area (Å²) in [6.07, 6.45) is 0. The number of thiophene rings is 1. The van der Waals surface area contributed by atoms with Gasteiger partial charge in [0.2, 0.25) is 5.28 Å². The maximum Gasteiger partial charge on any atom is 0.225 e. The van der Waals surface area contributed by atoms with Crippen molar-refractivity contribution < 1.29 is 4.39 Å². The van der Waals surface area contributed by atoms with Crippen LogP contribution in [0.4, 0.5) is 10.2 Å². The summed E-state index contributed by atoms with van der Waals surface area (Å²) in [4.78, 5) is 10.4. The normalized spacial score (nSPS) is 11.0. The zero-order chi connectivity index (χ0) is 15.0. The first-order chi connectivity index (χ1) is 10.0. The van der Waals surface area contributed by atoms with Gasteiger partial charge in [0.25, 0.3) is 0 Å². The Morgan fingerprint density at radius 3 is 2.95 bits per heavy atom. The number of fused-ring (bicyclic) bond motifs is 1. The number of nitrogens with one attached hydrogen (secondary N) is 1. The maximum absolute atomic E-state index is 13.3. The minimum absolute atomic E-state index is 0.199. The fraction of sp³-hybridized carbons (Fsp3) is 0.143. The number of anilines is 1. The molecule has 0 unspecified atom stereocenters. The van der Waals surface area contributed by atoms with E-state index in [1.54, 1.807) is 17.4 Å². The molecule has 1 N–H and O–H groups in total. The standard InChI is InChI=1S/C14H10BrClFN3S/c1-7-4-10-12(19-14(16)20-13(10)21-7)18-6-8-5-9(17)2-3-11(8)15/h2-5H,6H2,1H3,(H,18,19,20). The first kappa shape index (κ1) is 14.7. The molecule has 7 heteroatoms. The Bertz CT molecular complexity index is 821. The van der Waals surface area contributed by atoms with E-state index in [0.717, 1.165) is 25.1 Å². The van der Waals surface area contributed by atoms with Crippen molar-refractivity contribution in [1.29, 1.82) is 0 Å². The highest BCUT2D eigenvalue weighted by molar-refractivity contribution is 9.10. The molecule has 3 nitrogen and oxygen atoms in total. The summed E-state index contributed by atoms with van der Waals surface area (Å²) < 4.78 is 14.1. The first-order valence-electron chi connectivity index (χ1n) is 6.14. The van der Waals surface area contributed by atoms with Gasteiger partial charge in [-0.05, 0) is 48.4 Å². The van der Waals surface area contributed by atoms with E-state index in [9.17, 15) is 4.39 Å². The zero-order valence-corrected chi connectivity index (χ0v) is 14.1. The zero-order valence-electron chi connectivity index (χ0n) is 11.0. The SMILES string of the molecule is Cc1cc2c(NCc3cc(F)ccc3Br)nc(Cl)nc2s1. The Morgan fingerprint density at radius 1 is 1.33 bits per heavy atom. The number of benzene rings is 1. The van der Waals surface area contributed by atoms with Crippen LogP contribution >= 0.6 is 38.9 Å². The van der Waals surface area contributed by atoms with Crippen molar-refractivity contribution >= 4 is 54.9 Å². The number of nitrogens with zero attached hydrogens (tertiary/aromatic N) is 2. The van der Waals surface area contributed by atoms with Gasteiger partial charge in [-0.15, -0.1) is 11.3 Å². The van der Waals surface area contributed by atoms with Gasteiger partial charge < -0.3 is 5.32 Å². The van der Waals surface area contributed by atoms with Gasteiger partial charge in [0, 0.05) is 15.9 Å². The third-order valence-electron chi connectivity index (χ3n) is 2.94. The second-order valence-electron chi connectivity index (χ2n) is 4.51. The highest BCUT2D eigenvalue weighted by Crippen LogP contribution is 2.30. The molecule has 0 aliphatic rings. The van der Waals surface area contributed by atoms with Crippen LogP contribution in [0.25, 0.3) is 10.2 Å². The predicted molar refractivity (Wildman–Crippen MR) is 88.6 cm³/mol. The number of hydrogen-bond donors (Lipinski definition) is 1. The van der Waals surface area contributed by atoms with Crippen molar-refractivity contribution in [3.05, 3.63) is 50.3 Å². The van der Waals surface area contributed by atoms with Crippen molar-refractivity contribution in [1.82, 2.24) is 9.97 Å². The van der Waals surface area contributed by atoms with Crippen molar-refractivity contribution in [3.63, 3.8) is 0 Å². The number of aryl methyl sites for hydroxylation is 1. The van der Waals surface area contributed by atoms with Gasteiger partial charge in [0.1, 0.15) is 16.5 Å². The number of aromatic nitrogens is 2. The van der Waals surface area contributed by atoms with Gasteiger partial charge >= 0.3 is 0 Å². The van der Waals surface area contributed by atoms with Crippen LogP contribution in [0, 0.1) is 12.7 Å². The predicted octanol–water partition coefficient (Wildman–Crippen LogP) is 5.17. The van der Waals surface area contributed by atoms with E-state index < -0.39 is 0 Å². The van der Waals surface area contributed by atoms with Crippen LogP contribution in [0.2, 0.25) is 5.28 Å². The van der Waals surface area contributed by atoms with Crippen molar-refractivity contribution in [2.75, 3.05) is 5.32 Å². The quantitative estimate of drug-likeness (QED) is 0.631. The molecule has 21 heavy (non-hydrogen) atoms. The van der Waals surface area contributed by atoms with Crippen LogP contribution in [0.1, 0.15) is 10.4 Å². The highest BCUT2D eigenvalue weighted by atomic mass is 79.9. The van der Waals surface area contributed by atoms with Gasteiger partial charge in [-0.25, -0.2) is 14.4 Å². The van der Waals surface area contributed by atoms with E-state index >= 15 is 0 Å². The largest absolute Gasteiger partial charge is 0.365 e. The molecular formula is C14H10BrClFN3S. The average Bonchev–Trinajstić information content (AvgIpc) is 2.79. The molecule has 3 aromatic rings. The monoisotopic (exact) mass is 385 g/mol. The van der Waals surface area contributed by atoms with E-state index in [4.69, 9.17) is 11.6 Å². The topological polar surface area (TPSA) is 37.8 Å². The summed E-state index contributed by atoms with van der Waals surface area (Å²) in [7, 11) is 0. The molecule has 0 aliphatic carbocycles. The molecule has 0 bridgehead atoms. The third kappa shape index (κ3) is 3.17. The third-order valence-corrected chi connectivity index (χ3v) is 4.83. The van der Waals surface area contributed by atoms with E-state index in [1.165, 1.54) is 12.1 Å². The maximum atomic E-state index is 13.3. The summed E-state index contributed by atoms with van der Waals surface area (Å²) >= 11 is 10.9. The van der Waals surface area contributed by atoms with Gasteiger partial charge in [-0.1, -0.05) is 15.9 Å². The molecule has 0 spiro atoms. The van der Waals surface area contributed by atoms with Crippen molar-refractivity contribution in [3.8, 4) is 0 Å². The summed E-state index contributed by atoms with van der Waals surface area (Å²) in [5.41, 5.74) is 0.810. The minimum atomic E-state index is -0.271. The van der Waals surface area contributed by atoms with Crippen molar-refractivity contribution in [2.24, 2.45) is 0 Å². The molecule has 0 amide bonds. The molecule has 0 saturated carbocycles. The molecule has 3 rings (SSSR count). The highest BCUT2D eigenvalue weighted by Gasteiger charge is 2.10. The molecule has 2 aromatic heterocycles. The van der Waals surface area contributed by atoms with Crippen LogP contribution in [-0.2, 0) is 6.54 Å². The van der Waals surface area contributed by atoms with Gasteiger partial charge in [-0.3, -0.25) is 0 Å². The molecule has 0 aliphatic heterocycles. The molecule has 2 heterocycles. The minimum Gasteiger partial charge on any atom is -0.365 e. The average molecular weight is 387 g/mol. The smallest absolute Gasteiger partial charge is 0.225 e. The lowest BCUT2D eigenvalue weighted by Crippen LogP contribution is -2.03. The Labute approximate surface area is 138 Å². The van der Waals surface area contributed by atoms with Crippen LogP contribution in [0.3, 0.4) is 0 Å². The molecule has 0 saturated heterocycles. The fourth-order valence-corrected chi connectivity index (χ4v) is 3.49. The van der Waals surface area contributed by atoms with Gasteiger partial charge in [-0.2, -0.15) is 0 Å². The number of halogens is 3. The Kier molecular flexibility index (Phi) is 4.10. The van der Waals surface area contributed by atoms with E-state index in [0.29, 0.717) is 12.4 Å². The van der Waals surface area contributed by atoms with Crippen LogP contribution in [0.15, 0.2) is 28.7 Å². The van der Waals surface area contributed by atoms with Crippen LogP contribution in [0.5, 0.6) is 0 Å². The number of rotatable bonds is 3. The van der Waals surface area contributed by atoms with E-state index in [2.05, 4.69) is 31.2 Å². The molecule has 0 atom stereocenters. The fourth-order valence-electron chi connectivity index (χ4n) is 2.01. The molecule has 1 aromatic carbocycles. The Balaban J connectivity index is 1.93. The molecule has 108 valence electrons. The van der Waals surface area contributed by atoms with Crippen molar-refractivity contribution in [2.45, 2.75) is 13.5 Å². The van der Waals surface area contributed by atoms with E-state index in [1.807, 2.05) is 13.0 Å². The Morgan fingerprint density at radius 2 is 2.14 bits per heavy atom. The summed E-state index contributed by atoms with van der Waals surface area (Å²) in [6.45, 7) is 2.45. The lowest BCUT2D eigenvalue weighted by molar-refractivity contribution is 0.625. The summed E-state index contributed by atoms with van der Waals surface area (Å²) in [5, 5.41) is 4.33. The molecule has 0 fully saturated rings. The van der Waals surface area contributed by atoms with Crippen LogP contribution < -0.4 is 5.32 Å². The van der Waals surface area contributed by atoms with Crippen LogP contribution in [-0.4, -0.2) is 9.97 Å². The van der Waals surface area contributed by atoms with E-state index in [-0.39, 0.29) is 11.1 Å². The lowest BCUT2D eigenvalue weighted by atomic mass is 10.2. The lowest BCUT2D eigenvalue weighted by Gasteiger charge is -2.09. The molecule has 0 radical (unpaired) electrons. The first-order valence-corrected chi connectivity index (χ1v) is 8.13. The molecular weight excluding hydrogens is 377 g/mol. The summed E-state index contributed by atoms with van der Waals surface area (Å²) in [5.74, 6) is 0.387. The second kappa shape index (κ2) is 5.87. The number of hydrogen-bond acceptors (Lipinski definition) is 4.